The molecular formula is C9H20N2O4S. The summed E-state index contributed by atoms with van der Waals surface area (Å²) in [6, 6.07) is 0. The average molecular weight is 252 g/mol. The van der Waals surface area contributed by atoms with Crippen LogP contribution in [0.2, 0.25) is 0 Å². The summed E-state index contributed by atoms with van der Waals surface area (Å²) < 4.78 is 26.4. The van der Waals surface area contributed by atoms with Gasteiger partial charge in [0.1, 0.15) is 6.61 Å². The Morgan fingerprint density at radius 2 is 1.94 bits per heavy atom. The third kappa shape index (κ3) is 11.4. The molecule has 0 bridgehead atoms. The molecule has 0 saturated carbocycles. The third-order valence-electron chi connectivity index (χ3n) is 1.56. The van der Waals surface area contributed by atoms with Gasteiger partial charge in [-0.3, -0.25) is 4.79 Å². The zero-order valence-electron chi connectivity index (χ0n) is 9.95. The summed E-state index contributed by atoms with van der Waals surface area (Å²) in [4.78, 5) is 11.2. The summed E-state index contributed by atoms with van der Waals surface area (Å²) in [7, 11) is -3.44. The predicted molar refractivity (Wildman–Crippen MR) is 61.3 cm³/mol. The molecule has 0 saturated heterocycles. The number of carbonyl (C=O) groups is 1. The van der Waals surface area contributed by atoms with Gasteiger partial charge >= 0.3 is 0 Å². The normalized spacial score (nSPS) is 12.5. The van der Waals surface area contributed by atoms with E-state index >= 15 is 0 Å². The first kappa shape index (κ1) is 15.3. The number of amides is 1. The van der Waals surface area contributed by atoms with Gasteiger partial charge < -0.3 is 10.1 Å². The van der Waals surface area contributed by atoms with Crippen LogP contribution in [0.5, 0.6) is 0 Å². The maximum absolute atomic E-state index is 11.2. The highest BCUT2D eigenvalue weighted by molar-refractivity contribution is 7.89. The van der Waals surface area contributed by atoms with Crippen molar-refractivity contribution in [2.45, 2.75) is 32.8 Å². The van der Waals surface area contributed by atoms with Crippen LogP contribution < -0.4 is 10.5 Å². The Morgan fingerprint density at radius 1 is 1.38 bits per heavy atom. The molecule has 0 heterocycles. The highest BCUT2D eigenvalue weighted by Crippen LogP contribution is 2.05. The van der Waals surface area contributed by atoms with E-state index in [0.29, 0.717) is 6.42 Å². The number of nitrogens with two attached hydrogens (primary N) is 1. The second-order valence-corrected chi connectivity index (χ2v) is 6.21. The van der Waals surface area contributed by atoms with Gasteiger partial charge in [0.25, 0.3) is 0 Å². The highest BCUT2D eigenvalue weighted by atomic mass is 32.2. The van der Waals surface area contributed by atoms with Gasteiger partial charge in [0.2, 0.25) is 15.9 Å². The van der Waals surface area contributed by atoms with Crippen molar-refractivity contribution in [1.82, 2.24) is 5.32 Å². The lowest BCUT2D eigenvalue weighted by Gasteiger charge is -2.18. The van der Waals surface area contributed by atoms with Crippen LogP contribution in [0.4, 0.5) is 0 Å². The molecule has 3 N–H and O–H groups in total. The van der Waals surface area contributed by atoms with E-state index in [1.54, 1.807) is 0 Å². The quantitative estimate of drug-likeness (QED) is 0.628. The second kappa shape index (κ2) is 6.17. The molecule has 0 fully saturated rings. The van der Waals surface area contributed by atoms with Crippen molar-refractivity contribution in [2.24, 2.45) is 5.14 Å². The summed E-state index contributed by atoms with van der Waals surface area (Å²) in [6.07, 6.45) is 0.306. The van der Waals surface area contributed by atoms with Gasteiger partial charge in [0, 0.05) is 6.54 Å². The van der Waals surface area contributed by atoms with E-state index in [1.165, 1.54) is 0 Å². The Balaban J connectivity index is 3.60. The zero-order chi connectivity index (χ0) is 12.8. The van der Waals surface area contributed by atoms with Crippen molar-refractivity contribution in [3.8, 4) is 0 Å². The van der Waals surface area contributed by atoms with Crippen molar-refractivity contribution in [3.63, 3.8) is 0 Å². The zero-order valence-corrected chi connectivity index (χ0v) is 10.8. The molecule has 7 heteroatoms. The maximum atomic E-state index is 11.2. The molecule has 0 aliphatic rings. The average Bonchev–Trinajstić information content (AvgIpc) is 2.06. The largest absolute Gasteiger partial charge is 0.366 e. The Bertz CT molecular complexity index is 319. The standard InChI is InChI=1S/C9H20N2O4S/c1-9(2,3)15-7-8(12)11-5-4-6-16(10,13)14/h4-7H2,1-3H3,(H,11,12)(H2,10,13,14). The number of ether oxygens (including phenoxy) is 1. The summed E-state index contributed by atoms with van der Waals surface area (Å²) in [5.41, 5.74) is -0.363. The van der Waals surface area contributed by atoms with E-state index in [0.717, 1.165) is 0 Å². The first-order chi connectivity index (χ1) is 7.10. The monoisotopic (exact) mass is 252 g/mol. The molecule has 0 unspecified atom stereocenters. The summed E-state index contributed by atoms with van der Waals surface area (Å²) in [5, 5.41) is 7.35. The first-order valence-corrected chi connectivity index (χ1v) is 6.73. The molecule has 0 rings (SSSR count). The molecule has 1 amide bonds. The van der Waals surface area contributed by atoms with Crippen LogP contribution in [0.25, 0.3) is 0 Å². The topological polar surface area (TPSA) is 98.5 Å². The molecule has 0 atom stereocenters. The molecule has 0 aromatic heterocycles. The van der Waals surface area contributed by atoms with Crippen molar-refractivity contribution < 1.29 is 17.9 Å². The Labute approximate surface area is 96.6 Å². The molecule has 6 nitrogen and oxygen atoms in total. The van der Waals surface area contributed by atoms with Gasteiger partial charge in [0.15, 0.2) is 0 Å². The summed E-state index contributed by atoms with van der Waals surface area (Å²) >= 11 is 0. The molecular weight excluding hydrogens is 232 g/mol. The van der Waals surface area contributed by atoms with Crippen molar-refractivity contribution >= 4 is 15.9 Å². The minimum atomic E-state index is -3.44. The van der Waals surface area contributed by atoms with Crippen molar-refractivity contribution in [2.75, 3.05) is 18.9 Å². The maximum Gasteiger partial charge on any atom is 0.246 e. The molecule has 0 spiro atoms. The number of hydrogen-bond acceptors (Lipinski definition) is 4. The molecule has 0 aromatic carbocycles. The van der Waals surface area contributed by atoms with Gasteiger partial charge in [-0.05, 0) is 27.2 Å². The van der Waals surface area contributed by atoms with Crippen LogP contribution in [0.3, 0.4) is 0 Å². The molecule has 0 aliphatic heterocycles. The molecule has 96 valence electrons. The van der Waals surface area contributed by atoms with Gasteiger partial charge in [-0.25, -0.2) is 13.6 Å². The fraction of sp³-hybridized carbons (Fsp3) is 0.889. The number of sulfonamides is 1. The minimum Gasteiger partial charge on any atom is -0.366 e. The number of nitrogens with one attached hydrogen (secondary N) is 1. The molecule has 0 aromatic rings. The van der Waals surface area contributed by atoms with Crippen LogP contribution in [0.1, 0.15) is 27.2 Å². The van der Waals surface area contributed by atoms with E-state index in [4.69, 9.17) is 9.88 Å². The molecule has 16 heavy (non-hydrogen) atoms. The van der Waals surface area contributed by atoms with Gasteiger partial charge in [-0.1, -0.05) is 0 Å². The second-order valence-electron chi connectivity index (χ2n) is 4.47. The van der Waals surface area contributed by atoms with E-state index in [2.05, 4.69) is 5.32 Å². The van der Waals surface area contributed by atoms with E-state index < -0.39 is 10.0 Å². The summed E-state index contributed by atoms with van der Waals surface area (Å²) in [5.74, 6) is -0.391. The molecule has 0 aliphatic carbocycles. The van der Waals surface area contributed by atoms with Gasteiger partial charge in [0.05, 0.1) is 11.4 Å². The number of carbonyl (C=O) groups excluding carboxylic acids is 1. The minimum absolute atomic E-state index is 0.0289. The number of primary sulfonamides is 1. The predicted octanol–water partition coefficient (Wildman–Crippen LogP) is -0.404. The highest BCUT2D eigenvalue weighted by Gasteiger charge is 2.12. The van der Waals surface area contributed by atoms with E-state index in [-0.39, 0.29) is 30.4 Å². The van der Waals surface area contributed by atoms with Crippen molar-refractivity contribution in [1.29, 1.82) is 0 Å². The Hall–Kier alpha value is -0.660. The lowest BCUT2D eigenvalue weighted by Crippen LogP contribution is -2.33. The Kier molecular flexibility index (Phi) is 5.91. The molecule has 0 radical (unpaired) electrons. The van der Waals surface area contributed by atoms with Crippen molar-refractivity contribution in [3.05, 3.63) is 0 Å². The van der Waals surface area contributed by atoms with E-state index in [1.807, 2.05) is 20.8 Å². The van der Waals surface area contributed by atoms with Crippen LogP contribution in [-0.4, -0.2) is 38.8 Å². The van der Waals surface area contributed by atoms with Crippen LogP contribution in [0.15, 0.2) is 0 Å². The third-order valence-corrected chi connectivity index (χ3v) is 2.42. The Morgan fingerprint density at radius 3 is 2.38 bits per heavy atom. The number of rotatable bonds is 6. The lowest BCUT2D eigenvalue weighted by atomic mass is 10.2. The first-order valence-electron chi connectivity index (χ1n) is 5.01. The number of hydrogen-bond donors (Lipinski definition) is 2. The summed E-state index contributed by atoms with van der Waals surface area (Å²) in [6.45, 7) is 5.80. The van der Waals surface area contributed by atoms with E-state index in [9.17, 15) is 13.2 Å². The fourth-order valence-corrected chi connectivity index (χ4v) is 1.38. The lowest BCUT2D eigenvalue weighted by molar-refractivity contribution is -0.130. The van der Waals surface area contributed by atoms with Gasteiger partial charge in [-0.2, -0.15) is 0 Å². The van der Waals surface area contributed by atoms with Gasteiger partial charge in [-0.15, -0.1) is 0 Å². The fourth-order valence-electron chi connectivity index (χ4n) is 0.834. The van der Waals surface area contributed by atoms with Crippen LogP contribution in [0, 0.1) is 0 Å². The van der Waals surface area contributed by atoms with Crippen LogP contribution >= 0.6 is 0 Å². The SMILES string of the molecule is CC(C)(C)OCC(=O)NCCCS(N)(=O)=O. The smallest absolute Gasteiger partial charge is 0.246 e. The van der Waals surface area contributed by atoms with Crippen LogP contribution in [-0.2, 0) is 19.6 Å².